The predicted molar refractivity (Wildman–Crippen MR) is 98.1 cm³/mol. The summed E-state index contributed by atoms with van der Waals surface area (Å²) in [5, 5.41) is 0. The molecule has 7 heteroatoms. The van der Waals surface area contributed by atoms with Crippen LogP contribution in [0.1, 0.15) is 37.5 Å². The number of nitrogens with two attached hydrogens (primary N) is 1. The summed E-state index contributed by atoms with van der Waals surface area (Å²) in [6.07, 6.45) is 0. The zero-order chi connectivity index (χ0) is 19.0. The molecule has 0 aromatic heterocycles. The van der Waals surface area contributed by atoms with Gasteiger partial charge < -0.3 is 10.6 Å². The Bertz CT molecular complexity index is 735. The molecule has 0 bridgehead atoms. The van der Waals surface area contributed by atoms with Gasteiger partial charge in [-0.25, -0.2) is 8.42 Å². The van der Waals surface area contributed by atoms with Gasteiger partial charge in [-0.05, 0) is 36.0 Å². The minimum Gasteiger partial charge on any atom is -0.365 e. The number of quaternary nitrogens is 1. The molecule has 0 atom stereocenters. The number of hydrogen-bond donors (Lipinski definition) is 2. The van der Waals surface area contributed by atoms with Gasteiger partial charge in [-0.1, -0.05) is 32.9 Å². The number of amides is 1. The highest BCUT2D eigenvalue weighted by atomic mass is 32.2. The molecule has 1 aromatic rings. The molecule has 0 unspecified atom stereocenters. The molecule has 140 valence electrons. The van der Waals surface area contributed by atoms with E-state index in [4.69, 9.17) is 5.73 Å². The maximum Gasteiger partial charge on any atom is 0.272 e. The van der Waals surface area contributed by atoms with Crippen LogP contribution >= 0.6 is 0 Å². The third-order valence-electron chi connectivity index (χ3n) is 4.78. The Balaban J connectivity index is 2.28. The summed E-state index contributed by atoms with van der Waals surface area (Å²) in [6, 6.07) is 3.96. The van der Waals surface area contributed by atoms with E-state index in [9.17, 15) is 13.2 Å². The first-order chi connectivity index (χ1) is 11.4. The Morgan fingerprint density at radius 2 is 1.64 bits per heavy atom. The number of piperazine rings is 1. The molecule has 0 radical (unpaired) electrons. The second kappa shape index (κ2) is 7.05. The summed E-state index contributed by atoms with van der Waals surface area (Å²) in [5.74, 6) is -0.351. The molecule has 1 aliphatic rings. The van der Waals surface area contributed by atoms with Crippen LogP contribution in [-0.4, -0.2) is 51.4 Å². The highest BCUT2D eigenvalue weighted by molar-refractivity contribution is 7.89. The fourth-order valence-electron chi connectivity index (χ4n) is 3.39. The van der Waals surface area contributed by atoms with Crippen molar-refractivity contribution in [2.75, 3.05) is 32.7 Å². The lowest BCUT2D eigenvalue weighted by Gasteiger charge is -2.32. The lowest BCUT2D eigenvalue weighted by molar-refractivity contribution is -0.895. The first-order valence-electron chi connectivity index (χ1n) is 8.66. The molecular weight excluding hydrogens is 338 g/mol. The second-order valence-corrected chi connectivity index (χ2v) is 9.86. The van der Waals surface area contributed by atoms with E-state index < -0.39 is 10.0 Å². The smallest absolute Gasteiger partial charge is 0.272 e. The van der Waals surface area contributed by atoms with Crippen LogP contribution in [0.5, 0.6) is 0 Å². The monoisotopic (exact) mass is 368 g/mol. The number of nitrogens with zero attached hydrogens (tertiary/aromatic N) is 1. The molecule has 1 aliphatic heterocycles. The van der Waals surface area contributed by atoms with Gasteiger partial charge in [0.2, 0.25) is 10.0 Å². The Morgan fingerprint density at radius 1 is 1.16 bits per heavy atom. The van der Waals surface area contributed by atoms with Crippen LogP contribution in [-0.2, 0) is 20.2 Å². The number of benzene rings is 1. The molecule has 2 rings (SSSR count). The van der Waals surface area contributed by atoms with Crippen LogP contribution in [0, 0.1) is 13.8 Å². The van der Waals surface area contributed by atoms with E-state index in [1.807, 2.05) is 26.0 Å². The third-order valence-corrected chi connectivity index (χ3v) is 6.98. The first kappa shape index (κ1) is 19.9. The maximum atomic E-state index is 13.1. The van der Waals surface area contributed by atoms with E-state index in [0.29, 0.717) is 31.1 Å². The van der Waals surface area contributed by atoms with Crippen LogP contribution in [0.4, 0.5) is 0 Å². The molecule has 3 N–H and O–H groups in total. The Hall–Kier alpha value is -1.44. The number of carbonyl (C=O) groups excluding carboxylic acids is 1. The zero-order valence-electron chi connectivity index (χ0n) is 15.8. The standard InChI is InChI=1S/C18H29N3O3S/c1-13-10-15(18(3,4)5)11-14(2)17(13)25(23,24)21-8-6-20(7-9-21)12-16(19)22/h10-11H,6-9,12H2,1-5H3,(H2,19,22)/p+1. The molecule has 6 nitrogen and oxygen atoms in total. The van der Waals surface area contributed by atoms with Gasteiger partial charge in [-0.15, -0.1) is 0 Å². The van der Waals surface area contributed by atoms with Gasteiger partial charge >= 0.3 is 0 Å². The van der Waals surface area contributed by atoms with Crippen molar-refractivity contribution in [3.05, 3.63) is 28.8 Å². The van der Waals surface area contributed by atoms with E-state index in [1.54, 1.807) is 0 Å². The van der Waals surface area contributed by atoms with E-state index in [-0.39, 0.29) is 17.9 Å². The Kier molecular flexibility index (Phi) is 5.61. The highest BCUT2D eigenvalue weighted by Gasteiger charge is 2.33. The van der Waals surface area contributed by atoms with Crippen molar-refractivity contribution in [2.45, 2.75) is 44.9 Å². The fourth-order valence-corrected chi connectivity index (χ4v) is 5.24. The topological polar surface area (TPSA) is 84.9 Å². The van der Waals surface area contributed by atoms with Crippen molar-refractivity contribution in [1.29, 1.82) is 0 Å². The number of aryl methyl sites for hydroxylation is 2. The molecule has 1 saturated heterocycles. The first-order valence-corrected chi connectivity index (χ1v) is 10.1. The van der Waals surface area contributed by atoms with E-state index in [2.05, 4.69) is 20.8 Å². The number of nitrogens with one attached hydrogen (secondary N) is 1. The zero-order valence-corrected chi connectivity index (χ0v) is 16.7. The van der Waals surface area contributed by atoms with Gasteiger partial charge in [-0.3, -0.25) is 4.79 Å². The van der Waals surface area contributed by atoms with Gasteiger partial charge in [0.05, 0.1) is 31.1 Å². The van der Waals surface area contributed by atoms with Crippen LogP contribution in [0.25, 0.3) is 0 Å². The number of primary amides is 1. The molecular formula is C18H30N3O3S+. The summed E-state index contributed by atoms with van der Waals surface area (Å²) in [5.41, 5.74) is 7.92. The number of hydrogen-bond acceptors (Lipinski definition) is 3. The van der Waals surface area contributed by atoms with Crippen LogP contribution in [0.2, 0.25) is 0 Å². The minimum absolute atomic E-state index is 0.0262. The van der Waals surface area contributed by atoms with E-state index >= 15 is 0 Å². The summed E-state index contributed by atoms with van der Waals surface area (Å²) >= 11 is 0. The quantitative estimate of drug-likeness (QED) is 0.783. The van der Waals surface area contributed by atoms with Crippen LogP contribution in [0.3, 0.4) is 0 Å². The predicted octanol–water partition coefficient (Wildman–Crippen LogP) is -0.0246. The van der Waals surface area contributed by atoms with Gasteiger partial charge in [0.1, 0.15) is 0 Å². The average Bonchev–Trinajstić information content (AvgIpc) is 2.45. The number of carbonyl (C=O) groups is 1. The van der Waals surface area contributed by atoms with Crippen molar-refractivity contribution >= 4 is 15.9 Å². The van der Waals surface area contributed by atoms with Crippen molar-refractivity contribution < 1.29 is 18.1 Å². The number of sulfonamides is 1. The van der Waals surface area contributed by atoms with Gasteiger partial charge in [0, 0.05) is 0 Å². The minimum atomic E-state index is -3.53. The van der Waals surface area contributed by atoms with E-state index in [0.717, 1.165) is 21.6 Å². The normalized spacial score (nSPS) is 17.6. The fraction of sp³-hybridized carbons (Fsp3) is 0.611. The molecule has 1 fully saturated rings. The molecule has 25 heavy (non-hydrogen) atoms. The summed E-state index contributed by atoms with van der Waals surface area (Å²) in [6.45, 7) is 12.4. The van der Waals surface area contributed by atoms with Crippen molar-refractivity contribution in [1.82, 2.24) is 4.31 Å². The van der Waals surface area contributed by atoms with Crippen LogP contribution < -0.4 is 10.6 Å². The Morgan fingerprint density at radius 3 is 2.04 bits per heavy atom. The molecule has 1 heterocycles. The second-order valence-electron chi connectivity index (χ2n) is 7.99. The summed E-state index contributed by atoms with van der Waals surface area (Å²) < 4.78 is 27.8. The number of rotatable bonds is 4. The van der Waals surface area contributed by atoms with Gasteiger partial charge in [0.25, 0.3) is 5.91 Å². The lowest BCUT2D eigenvalue weighted by Crippen LogP contribution is -3.15. The summed E-state index contributed by atoms with van der Waals surface area (Å²) in [7, 11) is -3.53. The van der Waals surface area contributed by atoms with Crippen molar-refractivity contribution in [3.63, 3.8) is 0 Å². The molecule has 0 aliphatic carbocycles. The molecule has 0 spiro atoms. The average molecular weight is 369 g/mol. The highest BCUT2D eigenvalue weighted by Crippen LogP contribution is 2.30. The van der Waals surface area contributed by atoms with Gasteiger partial charge in [-0.2, -0.15) is 4.31 Å². The van der Waals surface area contributed by atoms with E-state index in [1.165, 1.54) is 4.31 Å². The summed E-state index contributed by atoms with van der Waals surface area (Å²) in [4.78, 5) is 12.5. The Labute approximate surface area is 151 Å². The van der Waals surface area contributed by atoms with Crippen molar-refractivity contribution in [3.8, 4) is 0 Å². The van der Waals surface area contributed by atoms with Crippen molar-refractivity contribution in [2.24, 2.45) is 5.73 Å². The largest absolute Gasteiger partial charge is 0.365 e. The van der Waals surface area contributed by atoms with Crippen LogP contribution in [0.15, 0.2) is 17.0 Å². The van der Waals surface area contributed by atoms with Gasteiger partial charge in [0.15, 0.2) is 6.54 Å². The maximum absolute atomic E-state index is 13.1. The SMILES string of the molecule is Cc1cc(C(C)(C)C)cc(C)c1S(=O)(=O)N1CC[NH+](CC(N)=O)CC1. The lowest BCUT2D eigenvalue weighted by atomic mass is 9.85. The molecule has 1 amide bonds. The molecule has 1 aromatic carbocycles. The molecule has 0 saturated carbocycles. The third kappa shape index (κ3) is 4.40.